The number of amides is 1. The van der Waals surface area contributed by atoms with Gasteiger partial charge in [0.1, 0.15) is 0 Å². The number of ether oxygens (including phenoxy) is 1. The quantitative estimate of drug-likeness (QED) is 0.744. The molecule has 1 amide bonds. The van der Waals surface area contributed by atoms with E-state index in [0.29, 0.717) is 29.7 Å². The van der Waals surface area contributed by atoms with Crippen LogP contribution in [0.2, 0.25) is 5.02 Å². The molecular weight excluding hydrogens is 388 g/mol. The standard InChI is InChI=1S/C22H31ClN4O2/c1-15(2)13-26-8-9-29-19(14-26)11-24-22(28)20-12-25-27(21(20)16(3)4)18-7-5-6-17(23)10-18/h5-7,10,12,15-16,19H,8-9,11,13-14H2,1-4H3,(H,24,28). The summed E-state index contributed by atoms with van der Waals surface area (Å²) in [7, 11) is 0. The van der Waals surface area contributed by atoms with Crippen LogP contribution in [0.1, 0.15) is 49.7 Å². The first-order valence-corrected chi connectivity index (χ1v) is 10.7. The molecule has 1 unspecified atom stereocenters. The Morgan fingerprint density at radius 2 is 2.14 bits per heavy atom. The summed E-state index contributed by atoms with van der Waals surface area (Å²) in [6.45, 7) is 12.6. The number of morpholine rings is 1. The molecule has 29 heavy (non-hydrogen) atoms. The molecule has 6 nitrogen and oxygen atoms in total. The Morgan fingerprint density at radius 1 is 1.34 bits per heavy atom. The van der Waals surface area contributed by atoms with E-state index in [1.54, 1.807) is 10.9 Å². The molecule has 0 saturated carbocycles. The summed E-state index contributed by atoms with van der Waals surface area (Å²) in [5.41, 5.74) is 2.31. The molecular formula is C22H31ClN4O2. The lowest BCUT2D eigenvalue weighted by molar-refractivity contribution is -0.0295. The van der Waals surface area contributed by atoms with Crippen LogP contribution in [-0.4, -0.2) is 59.5 Å². The van der Waals surface area contributed by atoms with Crippen LogP contribution in [0.15, 0.2) is 30.5 Å². The number of nitrogens with one attached hydrogen (secondary N) is 1. The molecule has 1 aliphatic rings. The third-order valence-corrected chi connectivity index (χ3v) is 5.22. The van der Waals surface area contributed by atoms with Gasteiger partial charge in [0.05, 0.1) is 35.9 Å². The number of carbonyl (C=O) groups is 1. The van der Waals surface area contributed by atoms with Gasteiger partial charge in [0.25, 0.3) is 5.91 Å². The predicted octanol–water partition coefficient (Wildman–Crippen LogP) is 3.74. The summed E-state index contributed by atoms with van der Waals surface area (Å²) in [5.74, 6) is 0.630. The average Bonchev–Trinajstić information content (AvgIpc) is 3.11. The molecule has 0 spiro atoms. The van der Waals surface area contributed by atoms with Crippen LogP contribution in [0, 0.1) is 5.92 Å². The van der Waals surface area contributed by atoms with Gasteiger partial charge in [0, 0.05) is 31.2 Å². The minimum absolute atomic E-state index is 0.0110. The maximum atomic E-state index is 12.9. The lowest BCUT2D eigenvalue weighted by Gasteiger charge is -2.33. The minimum Gasteiger partial charge on any atom is -0.374 e. The number of rotatable bonds is 7. The molecule has 1 fully saturated rings. The van der Waals surface area contributed by atoms with Crippen molar-refractivity contribution in [1.29, 1.82) is 0 Å². The number of nitrogens with zero attached hydrogens (tertiary/aromatic N) is 3. The highest BCUT2D eigenvalue weighted by Crippen LogP contribution is 2.24. The summed E-state index contributed by atoms with van der Waals surface area (Å²) in [6.07, 6.45) is 1.65. The van der Waals surface area contributed by atoms with E-state index in [2.05, 4.69) is 43.0 Å². The van der Waals surface area contributed by atoms with Crippen LogP contribution in [0.4, 0.5) is 0 Å². The van der Waals surface area contributed by atoms with Crippen LogP contribution >= 0.6 is 11.6 Å². The first-order valence-electron chi connectivity index (χ1n) is 10.3. The Labute approximate surface area is 178 Å². The zero-order chi connectivity index (χ0) is 21.0. The maximum absolute atomic E-state index is 12.9. The Hall–Kier alpha value is -1.89. The van der Waals surface area contributed by atoms with E-state index in [0.717, 1.165) is 31.0 Å². The largest absolute Gasteiger partial charge is 0.374 e. The predicted molar refractivity (Wildman–Crippen MR) is 116 cm³/mol. The lowest BCUT2D eigenvalue weighted by Crippen LogP contribution is -2.48. The van der Waals surface area contributed by atoms with E-state index in [1.807, 2.05) is 24.3 Å². The highest BCUT2D eigenvalue weighted by atomic mass is 35.5. The first-order chi connectivity index (χ1) is 13.8. The van der Waals surface area contributed by atoms with Gasteiger partial charge < -0.3 is 10.1 Å². The summed E-state index contributed by atoms with van der Waals surface area (Å²) in [5, 5.41) is 8.15. The van der Waals surface area contributed by atoms with Gasteiger partial charge in [0.2, 0.25) is 0 Å². The molecule has 1 N–H and O–H groups in total. The Kier molecular flexibility index (Phi) is 7.33. The maximum Gasteiger partial charge on any atom is 0.254 e. The van der Waals surface area contributed by atoms with Crippen molar-refractivity contribution in [2.24, 2.45) is 5.92 Å². The second-order valence-electron chi connectivity index (χ2n) is 8.35. The fourth-order valence-electron chi connectivity index (χ4n) is 3.79. The van der Waals surface area contributed by atoms with Gasteiger partial charge in [-0.05, 0) is 30.0 Å². The van der Waals surface area contributed by atoms with Crippen LogP contribution < -0.4 is 5.32 Å². The molecule has 1 saturated heterocycles. The normalized spacial score (nSPS) is 17.8. The van der Waals surface area contributed by atoms with E-state index in [-0.39, 0.29) is 17.9 Å². The smallest absolute Gasteiger partial charge is 0.254 e. The number of halogens is 1. The van der Waals surface area contributed by atoms with Crippen molar-refractivity contribution in [2.75, 3.05) is 32.8 Å². The average molecular weight is 419 g/mol. The molecule has 7 heteroatoms. The Bertz CT molecular complexity index is 834. The molecule has 2 heterocycles. The van der Waals surface area contributed by atoms with Crippen LogP contribution in [0.3, 0.4) is 0 Å². The van der Waals surface area contributed by atoms with Crippen molar-refractivity contribution >= 4 is 17.5 Å². The van der Waals surface area contributed by atoms with Crippen LogP contribution in [0.5, 0.6) is 0 Å². The molecule has 3 rings (SSSR count). The summed E-state index contributed by atoms with van der Waals surface area (Å²) >= 11 is 6.14. The van der Waals surface area contributed by atoms with E-state index in [4.69, 9.17) is 16.3 Å². The van der Waals surface area contributed by atoms with E-state index in [1.165, 1.54) is 0 Å². The molecule has 158 valence electrons. The highest BCUT2D eigenvalue weighted by Gasteiger charge is 2.24. The van der Waals surface area contributed by atoms with Gasteiger partial charge in [0.15, 0.2) is 0 Å². The molecule has 0 aliphatic carbocycles. The Morgan fingerprint density at radius 3 is 2.83 bits per heavy atom. The SMILES string of the molecule is CC(C)CN1CCOC(CNC(=O)c2cnn(-c3cccc(Cl)c3)c2C(C)C)C1. The van der Waals surface area contributed by atoms with Gasteiger partial charge >= 0.3 is 0 Å². The molecule has 2 aromatic rings. The van der Waals surface area contributed by atoms with Crippen molar-refractivity contribution in [3.63, 3.8) is 0 Å². The van der Waals surface area contributed by atoms with Crippen LogP contribution in [0.25, 0.3) is 5.69 Å². The van der Waals surface area contributed by atoms with Crippen molar-refractivity contribution in [2.45, 2.75) is 39.7 Å². The number of hydrogen-bond donors (Lipinski definition) is 1. The highest BCUT2D eigenvalue weighted by molar-refractivity contribution is 6.30. The zero-order valence-corrected chi connectivity index (χ0v) is 18.4. The number of benzene rings is 1. The van der Waals surface area contributed by atoms with Gasteiger partial charge in [-0.25, -0.2) is 4.68 Å². The monoisotopic (exact) mass is 418 g/mol. The fraction of sp³-hybridized carbons (Fsp3) is 0.545. The van der Waals surface area contributed by atoms with Gasteiger partial charge in [-0.15, -0.1) is 0 Å². The first kappa shape index (κ1) is 21.8. The summed E-state index contributed by atoms with van der Waals surface area (Å²) in [6, 6.07) is 7.49. The van der Waals surface area contributed by atoms with E-state index >= 15 is 0 Å². The summed E-state index contributed by atoms with van der Waals surface area (Å²) in [4.78, 5) is 15.3. The van der Waals surface area contributed by atoms with Crippen molar-refractivity contribution in [3.05, 3.63) is 46.7 Å². The van der Waals surface area contributed by atoms with Gasteiger partial charge in [-0.3, -0.25) is 9.69 Å². The van der Waals surface area contributed by atoms with Crippen molar-refractivity contribution in [1.82, 2.24) is 20.0 Å². The number of carbonyl (C=O) groups excluding carboxylic acids is 1. The third-order valence-electron chi connectivity index (χ3n) is 4.99. The second kappa shape index (κ2) is 9.74. The molecule has 1 aromatic carbocycles. The lowest BCUT2D eigenvalue weighted by atomic mass is 10.0. The summed E-state index contributed by atoms with van der Waals surface area (Å²) < 4.78 is 7.65. The zero-order valence-electron chi connectivity index (χ0n) is 17.7. The van der Waals surface area contributed by atoms with Crippen molar-refractivity contribution < 1.29 is 9.53 Å². The second-order valence-corrected chi connectivity index (χ2v) is 8.78. The molecule has 1 atom stereocenters. The Balaban J connectivity index is 1.69. The molecule has 1 aromatic heterocycles. The van der Waals surface area contributed by atoms with Gasteiger partial charge in [-0.1, -0.05) is 45.4 Å². The molecule has 1 aliphatic heterocycles. The minimum atomic E-state index is -0.119. The van der Waals surface area contributed by atoms with E-state index < -0.39 is 0 Å². The molecule has 0 radical (unpaired) electrons. The topological polar surface area (TPSA) is 59.4 Å². The van der Waals surface area contributed by atoms with E-state index in [9.17, 15) is 4.79 Å². The number of aromatic nitrogens is 2. The van der Waals surface area contributed by atoms with Crippen molar-refractivity contribution in [3.8, 4) is 5.69 Å². The fourth-order valence-corrected chi connectivity index (χ4v) is 3.97. The van der Waals surface area contributed by atoms with Gasteiger partial charge in [-0.2, -0.15) is 5.10 Å². The number of hydrogen-bond acceptors (Lipinski definition) is 4. The third kappa shape index (κ3) is 5.59. The van der Waals surface area contributed by atoms with Crippen LogP contribution in [-0.2, 0) is 4.74 Å². The molecule has 0 bridgehead atoms.